The fourth-order valence-corrected chi connectivity index (χ4v) is 2.54. The Morgan fingerprint density at radius 3 is 2.85 bits per heavy atom. The summed E-state index contributed by atoms with van der Waals surface area (Å²) in [5.74, 6) is 0.480. The van der Waals surface area contributed by atoms with Crippen molar-refractivity contribution < 1.29 is 17.9 Å². The monoisotopic (exact) mass is 298 g/mol. The van der Waals surface area contributed by atoms with Crippen LogP contribution in [0, 0.1) is 5.92 Å². The molecule has 1 atom stereocenters. The summed E-state index contributed by atoms with van der Waals surface area (Å²) < 4.78 is 29.6. The first-order chi connectivity index (χ1) is 9.46. The number of para-hydroxylation sites is 1. The zero-order valence-corrected chi connectivity index (χ0v) is 12.1. The lowest BCUT2D eigenvalue weighted by Gasteiger charge is -2.24. The topological polar surface area (TPSA) is 84.5 Å². The van der Waals surface area contributed by atoms with E-state index in [-0.39, 0.29) is 24.9 Å². The Kier molecular flexibility index (Phi) is 4.61. The second kappa shape index (κ2) is 6.23. The van der Waals surface area contributed by atoms with Crippen molar-refractivity contribution in [1.29, 1.82) is 0 Å². The maximum absolute atomic E-state index is 12.0. The predicted molar refractivity (Wildman–Crippen MR) is 75.0 cm³/mol. The standard InChI is InChI=1S/C13H18N2O4S/c1-20(17,18)15-7-6-14-13(16)11-8-10-4-2-3-5-12(10)19-9-11/h2-5,11,15H,6-9H2,1H3,(H,14,16)/t11-/m0/s1. The third-order valence-electron chi connectivity index (χ3n) is 3.04. The van der Waals surface area contributed by atoms with Crippen LogP contribution in [0.1, 0.15) is 5.56 Å². The van der Waals surface area contributed by atoms with Crippen LogP contribution in [-0.2, 0) is 21.2 Å². The molecule has 1 aromatic rings. The van der Waals surface area contributed by atoms with Crippen molar-refractivity contribution in [3.05, 3.63) is 29.8 Å². The van der Waals surface area contributed by atoms with E-state index in [2.05, 4.69) is 10.0 Å². The SMILES string of the molecule is CS(=O)(=O)NCCNC(=O)[C@@H]1COc2ccccc2C1. The van der Waals surface area contributed by atoms with Gasteiger partial charge in [0.25, 0.3) is 0 Å². The van der Waals surface area contributed by atoms with Crippen molar-refractivity contribution in [3.63, 3.8) is 0 Å². The molecular formula is C13H18N2O4S. The molecule has 1 heterocycles. The largest absolute Gasteiger partial charge is 0.492 e. The maximum Gasteiger partial charge on any atom is 0.226 e. The molecule has 0 unspecified atom stereocenters. The van der Waals surface area contributed by atoms with Gasteiger partial charge in [0.15, 0.2) is 0 Å². The predicted octanol–water partition coefficient (Wildman–Crippen LogP) is -0.0969. The summed E-state index contributed by atoms with van der Waals surface area (Å²) in [7, 11) is -3.21. The summed E-state index contributed by atoms with van der Waals surface area (Å²) in [6.45, 7) is 0.807. The molecule has 0 aromatic heterocycles. The molecule has 1 aromatic carbocycles. The van der Waals surface area contributed by atoms with Crippen LogP contribution in [0.3, 0.4) is 0 Å². The second-order valence-corrected chi connectivity index (χ2v) is 6.61. The Hall–Kier alpha value is -1.60. The lowest BCUT2D eigenvalue weighted by Crippen LogP contribution is -2.40. The number of hydrogen-bond acceptors (Lipinski definition) is 4. The highest BCUT2D eigenvalue weighted by molar-refractivity contribution is 7.88. The van der Waals surface area contributed by atoms with E-state index in [1.54, 1.807) is 0 Å². The number of sulfonamides is 1. The molecule has 0 saturated heterocycles. The second-order valence-electron chi connectivity index (χ2n) is 4.78. The van der Waals surface area contributed by atoms with Gasteiger partial charge < -0.3 is 10.1 Å². The molecular weight excluding hydrogens is 280 g/mol. The Morgan fingerprint density at radius 2 is 2.10 bits per heavy atom. The van der Waals surface area contributed by atoms with Gasteiger partial charge in [0.2, 0.25) is 15.9 Å². The summed E-state index contributed by atoms with van der Waals surface area (Å²) in [5, 5.41) is 2.71. The summed E-state index contributed by atoms with van der Waals surface area (Å²) in [4.78, 5) is 12.0. The van der Waals surface area contributed by atoms with Crippen molar-refractivity contribution in [3.8, 4) is 5.75 Å². The van der Waals surface area contributed by atoms with Crippen LogP contribution in [0.25, 0.3) is 0 Å². The number of hydrogen-bond donors (Lipinski definition) is 2. The number of carbonyl (C=O) groups excluding carboxylic acids is 1. The average molecular weight is 298 g/mol. The molecule has 20 heavy (non-hydrogen) atoms. The lowest BCUT2D eigenvalue weighted by molar-refractivity contribution is -0.126. The number of nitrogens with one attached hydrogen (secondary N) is 2. The van der Waals surface area contributed by atoms with Gasteiger partial charge in [-0.2, -0.15) is 0 Å². The Bertz CT molecular complexity index is 586. The molecule has 1 aliphatic heterocycles. The minimum Gasteiger partial charge on any atom is -0.492 e. The molecule has 1 amide bonds. The van der Waals surface area contributed by atoms with Gasteiger partial charge >= 0.3 is 0 Å². The highest BCUT2D eigenvalue weighted by Crippen LogP contribution is 2.26. The van der Waals surface area contributed by atoms with Crippen LogP contribution in [0.4, 0.5) is 0 Å². The highest BCUT2D eigenvalue weighted by atomic mass is 32.2. The number of benzene rings is 1. The van der Waals surface area contributed by atoms with Crippen LogP contribution in [0.15, 0.2) is 24.3 Å². The molecule has 7 heteroatoms. The zero-order chi connectivity index (χ0) is 14.6. The molecule has 0 saturated carbocycles. The fourth-order valence-electron chi connectivity index (χ4n) is 2.06. The van der Waals surface area contributed by atoms with Gasteiger partial charge in [-0.25, -0.2) is 13.1 Å². The van der Waals surface area contributed by atoms with Crippen LogP contribution in [-0.4, -0.2) is 40.3 Å². The quantitative estimate of drug-likeness (QED) is 0.744. The molecule has 0 fully saturated rings. The number of rotatable bonds is 5. The molecule has 2 rings (SSSR count). The van der Waals surface area contributed by atoms with E-state index in [1.807, 2.05) is 24.3 Å². The van der Waals surface area contributed by atoms with Gasteiger partial charge in [-0.05, 0) is 18.1 Å². The van der Waals surface area contributed by atoms with Crippen molar-refractivity contribution in [1.82, 2.24) is 10.0 Å². The first-order valence-electron chi connectivity index (χ1n) is 6.39. The Balaban J connectivity index is 1.80. The van der Waals surface area contributed by atoms with Crippen LogP contribution < -0.4 is 14.8 Å². The van der Waals surface area contributed by atoms with Crippen molar-refractivity contribution in [2.45, 2.75) is 6.42 Å². The summed E-state index contributed by atoms with van der Waals surface area (Å²) in [6.07, 6.45) is 1.72. The Labute approximate surface area is 118 Å². The normalized spacial score (nSPS) is 17.9. The zero-order valence-electron chi connectivity index (χ0n) is 11.3. The maximum atomic E-state index is 12.0. The van der Waals surface area contributed by atoms with Crippen molar-refractivity contribution >= 4 is 15.9 Å². The highest BCUT2D eigenvalue weighted by Gasteiger charge is 2.25. The van der Waals surface area contributed by atoms with E-state index < -0.39 is 10.0 Å². The number of fused-ring (bicyclic) bond motifs is 1. The fraction of sp³-hybridized carbons (Fsp3) is 0.462. The van der Waals surface area contributed by atoms with E-state index in [0.29, 0.717) is 13.0 Å². The van der Waals surface area contributed by atoms with E-state index in [1.165, 1.54) is 0 Å². The van der Waals surface area contributed by atoms with Gasteiger partial charge in [-0.15, -0.1) is 0 Å². The van der Waals surface area contributed by atoms with Crippen LogP contribution >= 0.6 is 0 Å². The van der Waals surface area contributed by atoms with Crippen LogP contribution in [0.5, 0.6) is 5.75 Å². The lowest BCUT2D eigenvalue weighted by atomic mass is 9.96. The van der Waals surface area contributed by atoms with Gasteiger partial charge in [-0.1, -0.05) is 18.2 Å². The summed E-state index contributed by atoms with van der Waals surface area (Å²) in [6, 6.07) is 7.65. The summed E-state index contributed by atoms with van der Waals surface area (Å²) >= 11 is 0. The number of ether oxygens (including phenoxy) is 1. The minimum atomic E-state index is -3.21. The Morgan fingerprint density at radius 1 is 1.35 bits per heavy atom. The molecule has 0 radical (unpaired) electrons. The number of amides is 1. The van der Waals surface area contributed by atoms with E-state index in [9.17, 15) is 13.2 Å². The molecule has 0 spiro atoms. The van der Waals surface area contributed by atoms with E-state index in [0.717, 1.165) is 17.6 Å². The van der Waals surface area contributed by atoms with Crippen molar-refractivity contribution in [2.75, 3.05) is 26.0 Å². The van der Waals surface area contributed by atoms with Gasteiger partial charge in [-0.3, -0.25) is 4.79 Å². The molecule has 6 nitrogen and oxygen atoms in total. The third kappa shape index (κ3) is 4.21. The van der Waals surface area contributed by atoms with Gasteiger partial charge in [0, 0.05) is 13.1 Å². The van der Waals surface area contributed by atoms with Gasteiger partial charge in [0.1, 0.15) is 12.4 Å². The first kappa shape index (κ1) is 14.8. The molecule has 0 aliphatic carbocycles. The van der Waals surface area contributed by atoms with Crippen molar-refractivity contribution in [2.24, 2.45) is 5.92 Å². The van der Waals surface area contributed by atoms with Gasteiger partial charge in [0.05, 0.1) is 12.2 Å². The molecule has 2 N–H and O–H groups in total. The minimum absolute atomic E-state index is 0.116. The van der Waals surface area contributed by atoms with E-state index in [4.69, 9.17) is 4.74 Å². The molecule has 1 aliphatic rings. The molecule has 0 bridgehead atoms. The summed E-state index contributed by atoms with van der Waals surface area (Å²) in [5.41, 5.74) is 1.02. The third-order valence-corrected chi connectivity index (χ3v) is 3.77. The number of carbonyl (C=O) groups is 1. The first-order valence-corrected chi connectivity index (χ1v) is 8.28. The van der Waals surface area contributed by atoms with E-state index >= 15 is 0 Å². The van der Waals surface area contributed by atoms with Crippen LogP contribution in [0.2, 0.25) is 0 Å². The molecule has 110 valence electrons. The average Bonchev–Trinajstić information content (AvgIpc) is 2.42. The smallest absolute Gasteiger partial charge is 0.226 e.